The topological polar surface area (TPSA) is 88.1 Å². The van der Waals surface area contributed by atoms with Crippen LogP contribution in [-0.2, 0) is 4.79 Å². The van der Waals surface area contributed by atoms with Gasteiger partial charge in [-0.25, -0.2) is 0 Å². The zero-order valence-electron chi connectivity index (χ0n) is 9.94. The van der Waals surface area contributed by atoms with E-state index in [0.29, 0.717) is 10.8 Å². The summed E-state index contributed by atoms with van der Waals surface area (Å²) in [5.41, 5.74) is 6.61. The van der Waals surface area contributed by atoms with Crippen LogP contribution in [0.1, 0.15) is 18.5 Å². The monoisotopic (exact) mass is 267 g/mol. The Bertz CT molecular complexity index is 469. The molecule has 0 heterocycles. The van der Waals surface area contributed by atoms with Crippen LogP contribution in [0.2, 0.25) is 5.02 Å². The van der Waals surface area contributed by atoms with Gasteiger partial charge in [-0.3, -0.25) is 4.79 Å². The van der Waals surface area contributed by atoms with E-state index in [4.69, 9.17) is 27.3 Å². The van der Waals surface area contributed by atoms with Crippen LogP contribution in [-0.4, -0.2) is 19.1 Å². The number of halogens is 1. The highest BCUT2D eigenvalue weighted by atomic mass is 35.5. The van der Waals surface area contributed by atoms with E-state index in [1.54, 1.807) is 24.3 Å². The smallest absolute Gasteiger partial charge is 0.258 e. The normalized spacial score (nSPS) is 11.4. The maximum absolute atomic E-state index is 11.2. The predicted molar refractivity (Wildman–Crippen MR) is 68.2 cm³/mol. The van der Waals surface area contributed by atoms with Gasteiger partial charge in [-0.05, 0) is 24.6 Å². The van der Waals surface area contributed by atoms with Crippen molar-refractivity contribution in [1.29, 1.82) is 5.26 Å². The SMILES string of the molecule is CC(N)c1ccc(OCC(=O)NCC#N)c(Cl)c1. The van der Waals surface area contributed by atoms with Gasteiger partial charge < -0.3 is 15.8 Å². The fourth-order valence-corrected chi connectivity index (χ4v) is 1.49. The Labute approximate surface area is 110 Å². The first kappa shape index (κ1) is 14.3. The Kier molecular flexibility index (Phi) is 5.43. The lowest BCUT2D eigenvalue weighted by molar-refractivity contribution is -0.122. The molecule has 5 nitrogen and oxygen atoms in total. The highest BCUT2D eigenvalue weighted by Gasteiger charge is 2.08. The van der Waals surface area contributed by atoms with Crippen molar-refractivity contribution >= 4 is 17.5 Å². The third kappa shape index (κ3) is 4.24. The molecule has 18 heavy (non-hydrogen) atoms. The van der Waals surface area contributed by atoms with E-state index in [1.807, 2.05) is 6.92 Å². The second kappa shape index (κ2) is 6.84. The minimum atomic E-state index is -0.371. The molecule has 1 aromatic carbocycles. The first-order valence-electron chi connectivity index (χ1n) is 5.36. The van der Waals surface area contributed by atoms with Crippen LogP contribution in [0.4, 0.5) is 0 Å². The van der Waals surface area contributed by atoms with Crippen LogP contribution in [0.25, 0.3) is 0 Å². The summed E-state index contributed by atoms with van der Waals surface area (Å²) < 4.78 is 5.24. The van der Waals surface area contributed by atoms with Crippen LogP contribution in [0, 0.1) is 11.3 Å². The largest absolute Gasteiger partial charge is 0.482 e. The van der Waals surface area contributed by atoms with Gasteiger partial charge in [0.2, 0.25) is 0 Å². The molecule has 0 bridgehead atoms. The molecular weight excluding hydrogens is 254 g/mol. The van der Waals surface area contributed by atoms with Crippen molar-refractivity contribution in [1.82, 2.24) is 5.32 Å². The summed E-state index contributed by atoms with van der Waals surface area (Å²) in [5.74, 6) is 0.0389. The number of hydrogen-bond donors (Lipinski definition) is 2. The fourth-order valence-electron chi connectivity index (χ4n) is 1.25. The number of ether oxygens (including phenoxy) is 1. The van der Waals surface area contributed by atoms with Gasteiger partial charge in [0, 0.05) is 6.04 Å². The van der Waals surface area contributed by atoms with E-state index in [9.17, 15) is 4.79 Å². The summed E-state index contributed by atoms with van der Waals surface area (Å²) in [7, 11) is 0. The van der Waals surface area contributed by atoms with Gasteiger partial charge in [0.25, 0.3) is 5.91 Å². The van der Waals surface area contributed by atoms with Crippen LogP contribution >= 0.6 is 11.6 Å². The number of nitrogens with two attached hydrogens (primary N) is 1. The third-order valence-electron chi connectivity index (χ3n) is 2.21. The Morgan fingerprint density at radius 3 is 2.94 bits per heavy atom. The molecule has 0 saturated carbocycles. The van der Waals surface area contributed by atoms with E-state index in [2.05, 4.69) is 5.32 Å². The molecule has 0 aliphatic rings. The summed E-state index contributed by atoms with van der Waals surface area (Å²) in [5, 5.41) is 11.1. The standard InChI is InChI=1S/C12H14ClN3O2/c1-8(15)9-2-3-11(10(13)6-9)18-7-12(17)16-5-4-14/h2-3,6,8H,5,7,15H2,1H3,(H,16,17). The average Bonchev–Trinajstić information content (AvgIpc) is 2.34. The highest BCUT2D eigenvalue weighted by Crippen LogP contribution is 2.27. The van der Waals surface area contributed by atoms with Gasteiger partial charge in [-0.2, -0.15) is 5.26 Å². The Morgan fingerprint density at radius 1 is 1.67 bits per heavy atom. The molecule has 1 aromatic rings. The number of hydrogen-bond acceptors (Lipinski definition) is 4. The van der Waals surface area contributed by atoms with Gasteiger partial charge >= 0.3 is 0 Å². The molecule has 1 rings (SSSR count). The minimum absolute atomic E-state index is 0.0421. The summed E-state index contributed by atoms with van der Waals surface area (Å²) in [6, 6.07) is 6.84. The maximum Gasteiger partial charge on any atom is 0.258 e. The number of nitriles is 1. The number of rotatable bonds is 5. The molecule has 0 aromatic heterocycles. The van der Waals surface area contributed by atoms with Gasteiger partial charge in [-0.1, -0.05) is 17.7 Å². The summed E-state index contributed by atoms with van der Waals surface area (Å²) >= 11 is 6.00. The Balaban J connectivity index is 2.58. The first-order valence-corrected chi connectivity index (χ1v) is 5.74. The van der Waals surface area contributed by atoms with Gasteiger partial charge in [0.1, 0.15) is 12.3 Å². The van der Waals surface area contributed by atoms with Crippen LogP contribution in [0.15, 0.2) is 18.2 Å². The fraction of sp³-hybridized carbons (Fsp3) is 0.333. The molecule has 0 aliphatic heterocycles. The van der Waals surface area contributed by atoms with Gasteiger partial charge in [-0.15, -0.1) is 0 Å². The summed E-state index contributed by atoms with van der Waals surface area (Å²) in [6.07, 6.45) is 0. The molecule has 1 amide bonds. The van der Waals surface area contributed by atoms with E-state index < -0.39 is 0 Å². The van der Waals surface area contributed by atoms with Crippen molar-refractivity contribution in [2.45, 2.75) is 13.0 Å². The van der Waals surface area contributed by atoms with Crippen molar-refractivity contribution in [3.8, 4) is 11.8 Å². The second-order valence-corrected chi connectivity index (χ2v) is 4.11. The Hall–Kier alpha value is -1.77. The lowest BCUT2D eigenvalue weighted by Crippen LogP contribution is -2.29. The quantitative estimate of drug-likeness (QED) is 0.789. The van der Waals surface area contributed by atoms with Gasteiger partial charge in [0.15, 0.2) is 6.61 Å². The van der Waals surface area contributed by atoms with Crippen molar-refractivity contribution in [3.63, 3.8) is 0 Å². The van der Waals surface area contributed by atoms with E-state index >= 15 is 0 Å². The molecule has 6 heteroatoms. The molecule has 3 N–H and O–H groups in total. The molecule has 0 fully saturated rings. The van der Waals surface area contributed by atoms with Crippen molar-refractivity contribution in [2.24, 2.45) is 5.73 Å². The zero-order chi connectivity index (χ0) is 13.5. The predicted octanol–water partition coefficient (Wildman–Crippen LogP) is 1.38. The van der Waals surface area contributed by atoms with E-state index in [-0.39, 0.29) is 25.1 Å². The van der Waals surface area contributed by atoms with Crippen molar-refractivity contribution in [2.75, 3.05) is 13.2 Å². The molecule has 0 radical (unpaired) electrons. The minimum Gasteiger partial charge on any atom is -0.482 e. The third-order valence-corrected chi connectivity index (χ3v) is 2.50. The molecule has 0 spiro atoms. The maximum atomic E-state index is 11.2. The average molecular weight is 268 g/mol. The number of nitrogens with zero attached hydrogens (tertiary/aromatic N) is 1. The summed E-state index contributed by atoms with van der Waals surface area (Å²) in [4.78, 5) is 11.2. The summed E-state index contributed by atoms with van der Waals surface area (Å²) in [6.45, 7) is 1.63. The highest BCUT2D eigenvalue weighted by molar-refractivity contribution is 6.32. The number of benzene rings is 1. The number of carbonyl (C=O) groups excluding carboxylic acids is 1. The second-order valence-electron chi connectivity index (χ2n) is 3.70. The lowest BCUT2D eigenvalue weighted by atomic mass is 10.1. The number of carbonyl (C=O) groups is 1. The van der Waals surface area contributed by atoms with E-state index in [1.165, 1.54) is 0 Å². The lowest BCUT2D eigenvalue weighted by Gasteiger charge is -2.10. The Morgan fingerprint density at radius 2 is 2.39 bits per heavy atom. The van der Waals surface area contributed by atoms with Gasteiger partial charge in [0.05, 0.1) is 11.1 Å². The zero-order valence-corrected chi connectivity index (χ0v) is 10.7. The molecule has 1 atom stereocenters. The van der Waals surface area contributed by atoms with Crippen LogP contribution < -0.4 is 15.8 Å². The molecule has 96 valence electrons. The number of nitrogens with one attached hydrogen (secondary N) is 1. The van der Waals surface area contributed by atoms with Crippen molar-refractivity contribution in [3.05, 3.63) is 28.8 Å². The van der Waals surface area contributed by atoms with Crippen molar-refractivity contribution < 1.29 is 9.53 Å². The first-order chi connectivity index (χ1) is 8.54. The van der Waals surface area contributed by atoms with E-state index in [0.717, 1.165) is 5.56 Å². The van der Waals surface area contributed by atoms with Crippen LogP contribution in [0.5, 0.6) is 5.75 Å². The molecule has 0 aliphatic carbocycles. The molecule has 1 unspecified atom stereocenters. The molecular formula is C12H14ClN3O2. The molecule has 0 saturated heterocycles. The number of amides is 1. The van der Waals surface area contributed by atoms with Crippen LogP contribution in [0.3, 0.4) is 0 Å².